The van der Waals surface area contributed by atoms with Gasteiger partial charge in [-0.3, -0.25) is 19.3 Å². The zero-order valence-electron chi connectivity index (χ0n) is 17.3. The van der Waals surface area contributed by atoms with E-state index in [0.717, 1.165) is 42.6 Å². The van der Waals surface area contributed by atoms with E-state index in [4.69, 9.17) is 4.74 Å². The Hall–Kier alpha value is -2.70. The van der Waals surface area contributed by atoms with Crippen molar-refractivity contribution in [3.05, 3.63) is 35.4 Å². The minimum absolute atomic E-state index is 0.0940. The number of carbonyl (C=O) groups excluding carboxylic acids is 4. The van der Waals surface area contributed by atoms with E-state index >= 15 is 0 Å². The molecule has 0 aromatic heterocycles. The number of nitrogens with one attached hydrogen (secondary N) is 1. The van der Waals surface area contributed by atoms with E-state index in [0.29, 0.717) is 12.8 Å². The minimum atomic E-state index is -1.01. The molecule has 7 heteroatoms. The lowest BCUT2D eigenvalue weighted by Crippen LogP contribution is -2.45. The van der Waals surface area contributed by atoms with Gasteiger partial charge in [0.05, 0.1) is 17.9 Å². The number of hydrogen-bond acceptors (Lipinski definition) is 5. The Morgan fingerprint density at radius 1 is 1.07 bits per heavy atom. The number of carbonyl (C=O) groups is 4. The molecule has 7 nitrogen and oxygen atoms in total. The number of amides is 3. The number of likely N-dealkylation sites (tertiary alicyclic amines) is 1. The third-order valence-corrected chi connectivity index (χ3v) is 6.65. The maximum absolute atomic E-state index is 12.6. The van der Waals surface area contributed by atoms with Crippen LogP contribution in [0.2, 0.25) is 0 Å². The van der Waals surface area contributed by atoms with Crippen LogP contribution < -0.4 is 5.32 Å². The van der Waals surface area contributed by atoms with Crippen LogP contribution in [0.25, 0.3) is 0 Å². The van der Waals surface area contributed by atoms with Crippen LogP contribution in [0, 0.1) is 11.8 Å². The Morgan fingerprint density at radius 2 is 1.73 bits per heavy atom. The molecular formula is C23H28N2O5. The van der Waals surface area contributed by atoms with Gasteiger partial charge in [0.2, 0.25) is 11.8 Å². The summed E-state index contributed by atoms with van der Waals surface area (Å²) in [5.74, 6) is -2.29. The van der Waals surface area contributed by atoms with Crippen molar-refractivity contribution in [3.8, 4) is 0 Å². The molecule has 160 valence electrons. The van der Waals surface area contributed by atoms with Gasteiger partial charge < -0.3 is 10.1 Å². The maximum atomic E-state index is 12.6. The molecule has 2 fully saturated rings. The molecule has 30 heavy (non-hydrogen) atoms. The van der Waals surface area contributed by atoms with Gasteiger partial charge in [0.15, 0.2) is 6.61 Å². The predicted molar refractivity (Wildman–Crippen MR) is 108 cm³/mol. The lowest BCUT2D eigenvalue weighted by atomic mass is 9.81. The number of hydrogen-bond donors (Lipinski definition) is 1. The van der Waals surface area contributed by atoms with Gasteiger partial charge in [-0.05, 0) is 50.2 Å². The second-order valence-electron chi connectivity index (χ2n) is 8.54. The highest BCUT2D eigenvalue weighted by Crippen LogP contribution is 2.39. The SMILES string of the molecule is C[C@@H](C(=O)OCC(=O)N[C@@H]1CCCc2ccccc21)N1C(=O)[C@H]2CCCC[C@H]2C1=O. The first-order valence-corrected chi connectivity index (χ1v) is 10.9. The molecule has 1 aromatic carbocycles. The van der Waals surface area contributed by atoms with Gasteiger partial charge in [-0.2, -0.15) is 0 Å². The zero-order chi connectivity index (χ0) is 21.3. The number of imide groups is 1. The molecule has 2 aliphatic carbocycles. The van der Waals surface area contributed by atoms with E-state index in [9.17, 15) is 19.2 Å². The number of nitrogens with zero attached hydrogens (tertiary/aromatic N) is 1. The van der Waals surface area contributed by atoms with E-state index in [1.807, 2.05) is 18.2 Å². The summed E-state index contributed by atoms with van der Waals surface area (Å²) in [7, 11) is 0. The fourth-order valence-electron chi connectivity index (χ4n) is 5.07. The molecule has 4 atom stereocenters. The van der Waals surface area contributed by atoms with E-state index in [-0.39, 0.29) is 35.6 Å². The molecule has 1 aromatic rings. The lowest BCUT2D eigenvalue weighted by Gasteiger charge is -2.26. The monoisotopic (exact) mass is 412 g/mol. The molecule has 0 bridgehead atoms. The van der Waals surface area contributed by atoms with Crippen LogP contribution in [0.15, 0.2) is 24.3 Å². The van der Waals surface area contributed by atoms with E-state index < -0.39 is 18.6 Å². The predicted octanol–water partition coefficient (Wildman–Crippen LogP) is 2.29. The molecule has 1 heterocycles. The highest BCUT2D eigenvalue weighted by Gasteiger charge is 2.51. The second kappa shape index (κ2) is 8.58. The van der Waals surface area contributed by atoms with Crippen molar-refractivity contribution in [3.63, 3.8) is 0 Å². The highest BCUT2D eigenvalue weighted by molar-refractivity contribution is 6.07. The van der Waals surface area contributed by atoms with Crippen LogP contribution in [0.3, 0.4) is 0 Å². The van der Waals surface area contributed by atoms with Crippen LogP contribution in [0.1, 0.15) is 62.6 Å². The summed E-state index contributed by atoms with van der Waals surface area (Å²) in [5, 5.41) is 2.93. The van der Waals surface area contributed by atoms with Crippen LogP contribution in [0.5, 0.6) is 0 Å². The Labute approximate surface area is 176 Å². The number of aryl methyl sites for hydroxylation is 1. The number of esters is 1. The summed E-state index contributed by atoms with van der Waals surface area (Å²) >= 11 is 0. The van der Waals surface area contributed by atoms with Crippen LogP contribution in [-0.4, -0.2) is 41.2 Å². The Bertz CT molecular complexity index is 843. The standard InChI is InChI=1S/C23H28N2O5/c1-14(25-21(27)17-10-4-5-11-18(17)22(25)28)23(29)30-13-20(26)24-19-12-6-8-15-7-2-3-9-16(15)19/h2-3,7,9,14,17-19H,4-6,8,10-13H2,1H3,(H,24,26)/t14-,17-,18+,19+/m0/s1. The highest BCUT2D eigenvalue weighted by atomic mass is 16.5. The van der Waals surface area contributed by atoms with Crippen LogP contribution in [-0.2, 0) is 30.3 Å². The smallest absolute Gasteiger partial charge is 0.329 e. The Kier molecular flexibility index (Phi) is 5.88. The quantitative estimate of drug-likeness (QED) is 0.592. The third kappa shape index (κ3) is 3.85. The lowest BCUT2D eigenvalue weighted by molar-refractivity contribution is -0.159. The number of ether oxygens (including phenoxy) is 1. The molecule has 1 aliphatic heterocycles. The van der Waals surface area contributed by atoms with Crippen molar-refractivity contribution in [2.45, 2.75) is 64.0 Å². The number of benzene rings is 1. The normalized spacial score (nSPS) is 26.6. The maximum Gasteiger partial charge on any atom is 0.329 e. The first-order chi connectivity index (χ1) is 14.5. The van der Waals surface area contributed by atoms with Gasteiger partial charge in [0.25, 0.3) is 5.91 Å². The van der Waals surface area contributed by atoms with Gasteiger partial charge in [0, 0.05) is 0 Å². The minimum Gasteiger partial charge on any atom is -0.454 e. The van der Waals surface area contributed by atoms with Gasteiger partial charge in [-0.1, -0.05) is 37.1 Å². The first kappa shape index (κ1) is 20.6. The Morgan fingerprint density at radius 3 is 2.43 bits per heavy atom. The summed E-state index contributed by atoms with van der Waals surface area (Å²) in [5.41, 5.74) is 2.33. The van der Waals surface area contributed by atoms with Crippen molar-refractivity contribution >= 4 is 23.7 Å². The van der Waals surface area contributed by atoms with Crippen molar-refractivity contribution in [1.82, 2.24) is 10.2 Å². The van der Waals surface area contributed by atoms with E-state index in [2.05, 4.69) is 11.4 Å². The summed E-state index contributed by atoms with van der Waals surface area (Å²) in [6.45, 7) is 1.07. The summed E-state index contributed by atoms with van der Waals surface area (Å²) in [4.78, 5) is 51.2. The number of fused-ring (bicyclic) bond motifs is 2. The average molecular weight is 412 g/mol. The van der Waals surface area contributed by atoms with E-state index in [1.165, 1.54) is 12.5 Å². The molecule has 4 rings (SSSR count). The molecule has 1 N–H and O–H groups in total. The fraction of sp³-hybridized carbons (Fsp3) is 0.565. The molecular weight excluding hydrogens is 384 g/mol. The second-order valence-corrected chi connectivity index (χ2v) is 8.54. The Balaban J connectivity index is 1.32. The van der Waals surface area contributed by atoms with Crippen molar-refractivity contribution in [2.75, 3.05) is 6.61 Å². The van der Waals surface area contributed by atoms with E-state index in [1.54, 1.807) is 0 Å². The molecule has 3 aliphatic rings. The van der Waals surface area contributed by atoms with Gasteiger partial charge in [-0.25, -0.2) is 4.79 Å². The van der Waals surface area contributed by atoms with Crippen LogP contribution >= 0.6 is 0 Å². The summed E-state index contributed by atoms with van der Waals surface area (Å²) in [6.07, 6.45) is 6.06. The average Bonchev–Trinajstić information content (AvgIpc) is 3.02. The van der Waals surface area contributed by atoms with Crippen molar-refractivity contribution < 1.29 is 23.9 Å². The molecule has 0 unspecified atom stereocenters. The summed E-state index contributed by atoms with van der Waals surface area (Å²) < 4.78 is 5.16. The van der Waals surface area contributed by atoms with Gasteiger partial charge in [-0.15, -0.1) is 0 Å². The zero-order valence-corrected chi connectivity index (χ0v) is 17.3. The largest absolute Gasteiger partial charge is 0.454 e. The van der Waals surface area contributed by atoms with Gasteiger partial charge >= 0.3 is 5.97 Å². The molecule has 1 saturated heterocycles. The van der Waals surface area contributed by atoms with Gasteiger partial charge in [0.1, 0.15) is 6.04 Å². The topological polar surface area (TPSA) is 92.8 Å². The fourth-order valence-corrected chi connectivity index (χ4v) is 5.07. The number of rotatable bonds is 5. The summed E-state index contributed by atoms with van der Waals surface area (Å²) in [6, 6.07) is 6.91. The van der Waals surface area contributed by atoms with Crippen molar-refractivity contribution in [1.29, 1.82) is 0 Å². The third-order valence-electron chi connectivity index (χ3n) is 6.65. The van der Waals surface area contributed by atoms with Crippen molar-refractivity contribution in [2.24, 2.45) is 11.8 Å². The van der Waals surface area contributed by atoms with Crippen LogP contribution in [0.4, 0.5) is 0 Å². The molecule has 1 saturated carbocycles. The molecule has 0 spiro atoms. The molecule has 3 amide bonds. The first-order valence-electron chi connectivity index (χ1n) is 10.9. The molecule has 0 radical (unpaired) electrons.